The van der Waals surface area contributed by atoms with Gasteiger partial charge in [0.15, 0.2) is 17.5 Å². The van der Waals surface area contributed by atoms with Crippen LogP contribution in [0.15, 0.2) is 23.2 Å². The number of methoxy groups -OCH3 is 1. The van der Waals surface area contributed by atoms with Crippen LogP contribution in [0, 0.1) is 0 Å². The molecule has 0 bridgehead atoms. The van der Waals surface area contributed by atoms with Crippen LogP contribution >= 0.6 is 24.0 Å². The second-order valence-corrected chi connectivity index (χ2v) is 5.03. The van der Waals surface area contributed by atoms with Gasteiger partial charge in [-0.1, -0.05) is 6.07 Å². The minimum atomic E-state index is 0. The Balaban J connectivity index is 0.00000529. The SMILES string of the molecule is CCNC(=NCc1ccc(OC)c(O)c1)NCCCCOCC.I. The van der Waals surface area contributed by atoms with Crippen LogP contribution in [0.3, 0.4) is 0 Å². The van der Waals surface area contributed by atoms with Crippen LogP contribution in [0.1, 0.15) is 32.3 Å². The smallest absolute Gasteiger partial charge is 0.191 e. The van der Waals surface area contributed by atoms with E-state index in [1.165, 1.54) is 7.11 Å². The largest absolute Gasteiger partial charge is 0.504 e. The number of hydrogen-bond acceptors (Lipinski definition) is 4. The van der Waals surface area contributed by atoms with Crippen molar-refractivity contribution < 1.29 is 14.6 Å². The fourth-order valence-electron chi connectivity index (χ4n) is 2.03. The maximum atomic E-state index is 9.79. The van der Waals surface area contributed by atoms with E-state index in [0.29, 0.717) is 12.3 Å². The fourth-order valence-corrected chi connectivity index (χ4v) is 2.03. The molecule has 1 aromatic carbocycles. The normalized spacial score (nSPS) is 10.9. The Morgan fingerprint density at radius 3 is 2.62 bits per heavy atom. The molecule has 0 amide bonds. The third-order valence-electron chi connectivity index (χ3n) is 3.22. The van der Waals surface area contributed by atoms with E-state index in [2.05, 4.69) is 15.6 Å². The van der Waals surface area contributed by atoms with Crippen LogP contribution in [0.4, 0.5) is 0 Å². The molecule has 0 aliphatic rings. The Bertz CT molecular complexity index is 484. The Kier molecular flexibility index (Phi) is 13.4. The first-order chi connectivity index (χ1) is 11.2. The number of guanidine groups is 1. The average Bonchev–Trinajstić information content (AvgIpc) is 2.55. The van der Waals surface area contributed by atoms with Crippen LogP contribution in [-0.2, 0) is 11.3 Å². The van der Waals surface area contributed by atoms with Gasteiger partial charge in [0, 0.05) is 26.3 Å². The molecule has 7 heteroatoms. The lowest BCUT2D eigenvalue weighted by Crippen LogP contribution is -2.37. The van der Waals surface area contributed by atoms with Gasteiger partial charge in [0.05, 0.1) is 13.7 Å². The van der Waals surface area contributed by atoms with E-state index in [4.69, 9.17) is 9.47 Å². The number of aromatic hydroxyl groups is 1. The summed E-state index contributed by atoms with van der Waals surface area (Å²) in [4.78, 5) is 4.53. The van der Waals surface area contributed by atoms with E-state index in [9.17, 15) is 5.11 Å². The molecule has 0 aliphatic heterocycles. The molecule has 138 valence electrons. The van der Waals surface area contributed by atoms with E-state index < -0.39 is 0 Å². The van der Waals surface area contributed by atoms with Crippen molar-refractivity contribution in [2.24, 2.45) is 4.99 Å². The number of halogens is 1. The van der Waals surface area contributed by atoms with Crippen LogP contribution in [0.25, 0.3) is 0 Å². The van der Waals surface area contributed by atoms with Crippen LogP contribution < -0.4 is 15.4 Å². The summed E-state index contributed by atoms with van der Waals surface area (Å²) in [6.45, 7) is 7.76. The van der Waals surface area contributed by atoms with Crippen molar-refractivity contribution in [3.05, 3.63) is 23.8 Å². The Morgan fingerprint density at radius 2 is 2.00 bits per heavy atom. The average molecular weight is 451 g/mol. The Labute approximate surface area is 162 Å². The zero-order valence-corrected chi connectivity index (χ0v) is 17.1. The highest BCUT2D eigenvalue weighted by atomic mass is 127. The summed E-state index contributed by atoms with van der Waals surface area (Å²) in [5, 5.41) is 16.3. The van der Waals surface area contributed by atoms with Gasteiger partial charge in [0.25, 0.3) is 0 Å². The number of phenols is 1. The third kappa shape index (κ3) is 9.17. The van der Waals surface area contributed by atoms with Crippen molar-refractivity contribution in [2.75, 3.05) is 33.4 Å². The molecule has 0 spiro atoms. The predicted molar refractivity (Wildman–Crippen MR) is 109 cm³/mol. The molecule has 0 aromatic heterocycles. The summed E-state index contributed by atoms with van der Waals surface area (Å²) in [7, 11) is 1.53. The van der Waals surface area contributed by atoms with Gasteiger partial charge in [-0.05, 0) is 44.4 Å². The molecule has 0 atom stereocenters. The number of ether oxygens (including phenoxy) is 2. The maximum Gasteiger partial charge on any atom is 0.191 e. The molecular formula is C17H30IN3O3. The first-order valence-corrected chi connectivity index (χ1v) is 8.17. The van der Waals surface area contributed by atoms with E-state index >= 15 is 0 Å². The fraction of sp³-hybridized carbons (Fsp3) is 0.588. The van der Waals surface area contributed by atoms with E-state index in [1.807, 2.05) is 19.9 Å². The molecule has 0 aliphatic carbocycles. The molecular weight excluding hydrogens is 421 g/mol. The second-order valence-electron chi connectivity index (χ2n) is 5.03. The quantitative estimate of drug-likeness (QED) is 0.221. The van der Waals surface area contributed by atoms with Gasteiger partial charge in [-0.25, -0.2) is 4.99 Å². The molecule has 0 radical (unpaired) electrons. The van der Waals surface area contributed by atoms with Crippen molar-refractivity contribution >= 4 is 29.9 Å². The number of nitrogens with zero attached hydrogens (tertiary/aromatic N) is 1. The molecule has 0 unspecified atom stereocenters. The highest BCUT2D eigenvalue weighted by Gasteiger charge is 2.03. The topological polar surface area (TPSA) is 75.1 Å². The predicted octanol–water partition coefficient (Wildman–Crippen LogP) is 2.89. The van der Waals surface area contributed by atoms with Gasteiger partial charge < -0.3 is 25.2 Å². The molecule has 1 rings (SSSR count). The molecule has 0 saturated heterocycles. The molecule has 0 fully saturated rings. The van der Waals surface area contributed by atoms with E-state index in [0.717, 1.165) is 50.7 Å². The van der Waals surface area contributed by atoms with E-state index in [1.54, 1.807) is 12.1 Å². The van der Waals surface area contributed by atoms with Gasteiger partial charge in [0.1, 0.15) is 0 Å². The summed E-state index contributed by atoms with van der Waals surface area (Å²) in [6.07, 6.45) is 2.07. The molecule has 24 heavy (non-hydrogen) atoms. The number of phenolic OH excluding ortho intramolecular Hbond substituents is 1. The highest BCUT2D eigenvalue weighted by Crippen LogP contribution is 2.26. The second kappa shape index (κ2) is 14.2. The number of nitrogens with one attached hydrogen (secondary N) is 2. The van der Waals surface area contributed by atoms with Gasteiger partial charge in [-0.2, -0.15) is 0 Å². The lowest BCUT2D eigenvalue weighted by Gasteiger charge is -2.11. The first-order valence-electron chi connectivity index (χ1n) is 8.17. The van der Waals surface area contributed by atoms with Gasteiger partial charge in [0.2, 0.25) is 0 Å². The van der Waals surface area contributed by atoms with Crippen molar-refractivity contribution in [1.29, 1.82) is 0 Å². The van der Waals surface area contributed by atoms with Crippen LogP contribution in [-0.4, -0.2) is 44.5 Å². The Hall–Kier alpha value is -1.22. The molecule has 1 aromatic rings. The maximum absolute atomic E-state index is 9.79. The third-order valence-corrected chi connectivity index (χ3v) is 3.22. The van der Waals surface area contributed by atoms with Crippen molar-refractivity contribution in [2.45, 2.75) is 33.2 Å². The molecule has 6 nitrogen and oxygen atoms in total. The summed E-state index contributed by atoms with van der Waals surface area (Å²) in [6, 6.07) is 5.32. The summed E-state index contributed by atoms with van der Waals surface area (Å²) in [5.41, 5.74) is 0.928. The summed E-state index contributed by atoms with van der Waals surface area (Å²) < 4.78 is 10.4. The molecule has 0 heterocycles. The molecule has 3 N–H and O–H groups in total. The highest BCUT2D eigenvalue weighted by molar-refractivity contribution is 14.0. The monoisotopic (exact) mass is 451 g/mol. The number of hydrogen-bond donors (Lipinski definition) is 3. The summed E-state index contributed by atoms with van der Waals surface area (Å²) >= 11 is 0. The minimum Gasteiger partial charge on any atom is -0.504 e. The summed E-state index contributed by atoms with van der Waals surface area (Å²) in [5.74, 6) is 1.38. The number of rotatable bonds is 10. The minimum absolute atomic E-state index is 0. The van der Waals surface area contributed by atoms with E-state index in [-0.39, 0.29) is 29.7 Å². The lowest BCUT2D eigenvalue weighted by molar-refractivity contribution is 0.143. The van der Waals surface area contributed by atoms with Crippen LogP contribution in [0.5, 0.6) is 11.5 Å². The number of unbranched alkanes of at least 4 members (excludes halogenated alkanes) is 1. The number of aliphatic imine (C=N–C) groups is 1. The Morgan fingerprint density at radius 1 is 1.21 bits per heavy atom. The molecule has 0 saturated carbocycles. The van der Waals surface area contributed by atoms with Gasteiger partial charge in [-0.3, -0.25) is 0 Å². The first kappa shape index (κ1) is 22.8. The van der Waals surface area contributed by atoms with Crippen molar-refractivity contribution in [1.82, 2.24) is 10.6 Å². The van der Waals surface area contributed by atoms with Gasteiger partial charge >= 0.3 is 0 Å². The van der Waals surface area contributed by atoms with Crippen molar-refractivity contribution in [3.8, 4) is 11.5 Å². The standard InChI is InChI=1S/C17H29N3O3.HI/c1-4-18-17(19-10-6-7-11-23-5-2)20-13-14-8-9-16(22-3)15(21)12-14;/h8-9,12,21H,4-7,10-11,13H2,1-3H3,(H2,18,19,20);1H. The zero-order valence-electron chi connectivity index (χ0n) is 14.8. The zero-order chi connectivity index (χ0) is 16.9. The van der Waals surface area contributed by atoms with Gasteiger partial charge in [-0.15, -0.1) is 24.0 Å². The lowest BCUT2D eigenvalue weighted by atomic mass is 10.2. The van der Waals surface area contributed by atoms with Crippen molar-refractivity contribution in [3.63, 3.8) is 0 Å². The number of benzene rings is 1. The van der Waals surface area contributed by atoms with Crippen LogP contribution in [0.2, 0.25) is 0 Å².